The minimum absolute atomic E-state index is 0.0332. The van der Waals surface area contributed by atoms with E-state index in [1.807, 2.05) is 0 Å². The molecule has 1 rings (SSSR count). The minimum atomic E-state index is 0.0332. The maximum atomic E-state index is 12.6. The van der Waals surface area contributed by atoms with Gasteiger partial charge in [-0.3, -0.25) is 10.1 Å². The lowest BCUT2D eigenvalue weighted by molar-refractivity contribution is -0.133. The van der Waals surface area contributed by atoms with Crippen molar-refractivity contribution in [2.75, 3.05) is 0 Å². The van der Waals surface area contributed by atoms with E-state index in [4.69, 9.17) is 0 Å². The fourth-order valence-corrected chi connectivity index (χ4v) is 2.89. The van der Waals surface area contributed by atoms with E-state index in [0.29, 0.717) is 17.9 Å². The second-order valence-electron chi connectivity index (χ2n) is 5.72. The van der Waals surface area contributed by atoms with Gasteiger partial charge in [-0.25, -0.2) is 0 Å². The maximum Gasteiger partial charge on any atom is 0.241 e. The van der Waals surface area contributed by atoms with Crippen molar-refractivity contribution >= 4 is 5.91 Å². The lowest BCUT2D eigenvalue weighted by Crippen LogP contribution is -2.43. The Morgan fingerprint density at radius 2 is 1.89 bits per heavy atom. The fraction of sp³-hybridized carbons (Fsp3) is 0.933. The Kier molecular flexibility index (Phi) is 6.13. The quantitative estimate of drug-likeness (QED) is 0.757. The Labute approximate surface area is 112 Å². The summed E-state index contributed by atoms with van der Waals surface area (Å²) < 4.78 is 0. The van der Waals surface area contributed by atoms with E-state index in [9.17, 15) is 4.79 Å². The Hall–Kier alpha value is -0.570. The van der Waals surface area contributed by atoms with Gasteiger partial charge >= 0.3 is 0 Å². The van der Waals surface area contributed by atoms with Gasteiger partial charge in [-0.15, -0.1) is 0 Å². The van der Waals surface area contributed by atoms with E-state index in [1.165, 1.54) is 0 Å². The Morgan fingerprint density at radius 1 is 1.22 bits per heavy atom. The summed E-state index contributed by atoms with van der Waals surface area (Å²) in [5.74, 6) is 0.749. The van der Waals surface area contributed by atoms with Gasteiger partial charge in [0.1, 0.15) is 0 Å². The first kappa shape index (κ1) is 15.5. The normalized spacial score (nSPS) is 27.6. The van der Waals surface area contributed by atoms with Crippen LogP contribution >= 0.6 is 0 Å². The third kappa shape index (κ3) is 3.25. The molecular formula is C15H30N2O. The van der Waals surface area contributed by atoms with Crippen LogP contribution in [0.4, 0.5) is 0 Å². The van der Waals surface area contributed by atoms with E-state index in [2.05, 4.69) is 44.8 Å². The first-order valence-corrected chi connectivity index (χ1v) is 7.64. The van der Waals surface area contributed by atoms with E-state index < -0.39 is 0 Å². The Morgan fingerprint density at radius 3 is 2.39 bits per heavy atom. The van der Waals surface area contributed by atoms with Crippen LogP contribution in [0.25, 0.3) is 0 Å². The zero-order valence-corrected chi connectivity index (χ0v) is 12.7. The van der Waals surface area contributed by atoms with Gasteiger partial charge in [0.15, 0.2) is 0 Å². The highest BCUT2D eigenvalue weighted by Crippen LogP contribution is 2.25. The van der Waals surface area contributed by atoms with Gasteiger partial charge in [-0.05, 0) is 25.7 Å². The van der Waals surface area contributed by atoms with Crippen molar-refractivity contribution in [3.63, 3.8) is 0 Å². The summed E-state index contributed by atoms with van der Waals surface area (Å²) >= 11 is 0. The van der Waals surface area contributed by atoms with Crippen LogP contribution in [0, 0.1) is 5.92 Å². The molecule has 0 aromatic carbocycles. The van der Waals surface area contributed by atoms with Crippen LogP contribution in [0.5, 0.6) is 0 Å². The predicted molar refractivity (Wildman–Crippen MR) is 76.3 cm³/mol. The lowest BCUT2D eigenvalue weighted by Gasteiger charge is -2.30. The van der Waals surface area contributed by atoms with Crippen LogP contribution in [0.2, 0.25) is 0 Å². The molecule has 0 bridgehead atoms. The summed E-state index contributed by atoms with van der Waals surface area (Å²) in [5.41, 5.74) is 0. The van der Waals surface area contributed by atoms with Crippen molar-refractivity contribution in [2.24, 2.45) is 5.92 Å². The van der Waals surface area contributed by atoms with Gasteiger partial charge in [0.25, 0.3) is 0 Å². The van der Waals surface area contributed by atoms with Gasteiger partial charge in [-0.1, -0.05) is 47.0 Å². The van der Waals surface area contributed by atoms with Crippen molar-refractivity contribution in [1.29, 1.82) is 0 Å². The van der Waals surface area contributed by atoms with E-state index in [0.717, 1.165) is 32.1 Å². The molecule has 1 N–H and O–H groups in total. The zero-order valence-electron chi connectivity index (χ0n) is 12.7. The van der Waals surface area contributed by atoms with Crippen LogP contribution in [-0.4, -0.2) is 29.1 Å². The molecule has 0 aliphatic carbocycles. The van der Waals surface area contributed by atoms with Crippen LogP contribution in [-0.2, 0) is 4.79 Å². The second-order valence-corrected chi connectivity index (χ2v) is 5.72. The average molecular weight is 254 g/mol. The third-order valence-electron chi connectivity index (χ3n) is 4.18. The molecule has 1 saturated heterocycles. The number of amides is 1. The Balaban J connectivity index is 2.80. The fourth-order valence-electron chi connectivity index (χ4n) is 2.89. The van der Waals surface area contributed by atoms with Crippen molar-refractivity contribution in [1.82, 2.24) is 10.2 Å². The number of hydrogen-bond donors (Lipinski definition) is 1. The molecule has 0 saturated carbocycles. The summed E-state index contributed by atoms with van der Waals surface area (Å²) in [4.78, 5) is 14.7. The highest BCUT2D eigenvalue weighted by atomic mass is 16.2. The molecule has 0 aromatic heterocycles. The van der Waals surface area contributed by atoms with Crippen LogP contribution in [0.15, 0.2) is 0 Å². The molecule has 1 aliphatic rings. The number of carbonyl (C=O) groups is 1. The van der Waals surface area contributed by atoms with Crippen LogP contribution in [0.1, 0.15) is 66.7 Å². The maximum absolute atomic E-state index is 12.6. The summed E-state index contributed by atoms with van der Waals surface area (Å²) in [6.07, 6.45) is 5.72. The smallest absolute Gasteiger partial charge is 0.241 e. The standard InChI is InChI=1S/C15H30N2O/c1-6-9-12(5)17-13(10-7-2)16-14(15(17)18)11(4)8-3/h11-14,16H,6-10H2,1-5H3. The first-order chi connectivity index (χ1) is 8.56. The molecular weight excluding hydrogens is 224 g/mol. The minimum Gasteiger partial charge on any atom is -0.323 e. The molecule has 18 heavy (non-hydrogen) atoms. The van der Waals surface area contributed by atoms with Crippen molar-refractivity contribution in [2.45, 2.75) is 85.0 Å². The predicted octanol–water partition coefficient (Wildman–Crippen LogP) is 3.15. The average Bonchev–Trinajstić information content (AvgIpc) is 2.66. The lowest BCUT2D eigenvalue weighted by atomic mass is 9.99. The van der Waals surface area contributed by atoms with Crippen molar-refractivity contribution < 1.29 is 4.79 Å². The van der Waals surface area contributed by atoms with Gasteiger partial charge in [-0.2, -0.15) is 0 Å². The highest BCUT2D eigenvalue weighted by molar-refractivity contribution is 5.85. The third-order valence-corrected chi connectivity index (χ3v) is 4.18. The van der Waals surface area contributed by atoms with E-state index in [1.54, 1.807) is 0 Å². The molecule has 4 unspecified atom stereocenters. The summed E-state index contributed by atoms with van der Waals surface area (Å²) in [6.45, 7) is 10.9. The molecule has 3 nitrogen and oxygen atoms in total. The Bertz CT molecular complexity index is 267. The summed E-state index contributed by atoms with van der Waals surface area (Å²) in [5, 5.41) is 3.56. The molecule has 1 aliphatic heterocycles. The molecule has 0 spiro atoms. The molecule has 1 amide bonds. The topological polar surface area (TPSA) is 32.3 Å². The van der Waals surface area contributed by atoms with Crippen molar-refractivity contribution in [3.05, 3.63) is 0 Å². The van der Waals surface area contributed by atoms with Gasteiger partial charge in [0, 0.05) is 6.04 Å². The largest absolute Gasteiger partial charge is 0.323 e. The number of carbonyl (C=O) groups excluding carboxylic acids is 1. The number of hydrogen-bond acceptors (Lipinski definition) is 2. The summed E-state index contributed by atoms with van der Waals surface area (Å²) in [7, 11) is 0. The van der Waals surface area contributed by atoms with Gasteiger partial charge in [0.2, 0.25) is 5.91 Å². The molecule has 1 fully saturated rings. The number of nitrogens with zero attached hydrogens (tertiary/aromatic N) is 1. The zero-order chi connectivity index (χ0) is 13.7. The highest BCUT2D eigenvalue weighted by Gasteiger charge is 2.42. The number of nitrogens with one attached hydrogen (secondary N) is 1. The SMILES string of the molecule is CCCC(C)N1C(=O)C(C(C)CC)NC1CCC. The molecule has 1 heterocycles. The van der Waals surface area contributed by atoms with Crippen LogP contribution in [0.3, 0.4) is 0 Å². The summed E-state index contributed by atoms with van der Waals surface area (Å²) in [6, 6.07) is 0.395. The molecule has 106 valence electrons. The van der Waals surface area contributed by atoms with Crippen molar-refractivity contribution in [3.8, 4) is 0 Å². The molecule has 3 heteroatoms. The van der Waals surface area contributed by atoms with Crippen LogP contribution < -0.4 is 5.32 Å². The number of rotatable bonds is 7. The molecule has 0 radical (unpaired) electrons. The molecule has 4 atom stereocenters. The monoisotopic (exact) mass is 254 g/mol. The first-order valence-electron chi connectivity index (χ1n) is 7.64. The van der Waals surface area contributed by atoms with E-state index in [-0.39, 0.29) is 12.2 Å². The second kappa shape index (κ2) is 7.13. The van der Waals surface area contributed by atoms with Gasteiger partial charge in [0.05, 0.1) is 12.2 Å². The van der Waals surface area contributed by atoms with E-state index >= 15 is 0 Å². The molecule has 0 aromatic rings. The van der Waals surface area contributed by atoms with Gasteiger partial charge < -0.3 is 4.90 Å².